The van der Waals surface area contributed by atoms with Gasteiger partial charge in [0.25, 0.3) is 0 Å². The van der Waals surface area contributed by atoms with E-state index >= 15 is 0 Å². The minimum absolute atomic E-state index is 0.00621. The van der Waals surface area contributed by atoms with Crippen LogP contribution in [0.15, 0.2) is 29.3 Å². The second-order valence-corrected chi connectivity index (χ2v) is 7.04. The van der Waals surface area contributed by atoms with Gasteiger partial charge in [0.05, 0.1) is 13.7 Å². The molecule has 2 N–H and O–H groups in total. The molecule has 0 amide bonds. The number of benzene rings is 1. The summed E-state index contributed by atoms with van der Waals surface area (Å²) in [5.74, 6) is 4.91. The van der Waals surface area contributed by atoms with Crippen LogP contribution in [0.2, 0.25) is 0 Å². The SMILES string of the molecule is CCNC(=NCC(C)Oc1cccc(OC)c1)NC1CCCSC1. The van der Waals surface area contributed by atoms with Crippen molar-refractivity contribution >= 4 is 17.7 Å². The average Bonchev–Trinajstić information content (AvgIpc) is 2.61. The monoisotopic (exact) mass is 351 g/mol. The number of nitrogens with zero attached hydrogens (tertiary/aromatic N) is 1. The van der Waals surface area contributed by atoms with Gasteiger partial charge in [-0.15, -0.1) is 0 Å². The van der Waals surface area contributed by atoms with Gasteiger partial charge >= 0.3 is 0 Å². The summed E-state index contributed by atoms with van der Waals surface area (Å²) in [6.45, 7) is 5.58. The second-order valence-electron chi connectivity index (χ2n) is 5.89. The first kappa shape index (κ1) is 18.8. The Morgan fingerprint density at radius 3 is 2.96 bits per heavy atom. The lowest BCUT2D eigenvalue weighted by molar-refractivity contribution is 0.229. The molecule has 134 valence electrons. The summed E-state index contributed by atoms with van der Waals surface area (Å²) in [4.78, 5) is 4.68. The van der Waals surface area contributed by atoms with Crippen LogP contribution in [0.25, 0.3) is 0 Å². The van der Waals surface area contributed by atoms with E-state index in [2.05, 4.69) is 22.5 Å². The van der Waals surface area contributed by atoms with Crippen molar-refractivity contribution in [3.8, 4) is 11.5 Å². The van der Waals surface area contributed by atoms with E-state index in [0.717, 1.165) is 29.8 Å². The molecule has 0 radical (unpaired) electrons. The normalized spacial score (nSPS) is 19.5. The molecule has 2 atom stereocenters. The molecule has 1 aliphatic heterocycles. The lowest BCUT2D eigenvalue weighted by atomic mass is 10.2. The number of thioether (sulfide) groups is 1. The van der Waals surface area contributed by atoms with E-state index in [1.54, 1.807) is 7.11 Å². The largest absolute Gasteiger partial charge is 0.497 e. The lowest BCUT2D eigenvalue weighted by Gasteiger charge is -2.25. The summed E-state index contributed by atoms with van der Waals surface area (Å²) >= 11 is 2.01. The van der Waals surface area contributed by atoms with E-state index in [9.17, 15) is 0 Å². The van der Waals surface area contributed by atoms with E-state index in [1.807, 2.05) is 43.0 Å². The molecule has 2 rings (SSSR count). The van der Waals surface area contributed by atoms with Gasteiger partial charge in [-0.3, -0.25) is 0 Å². The zero-order chi connectivity index (χ0) is 17.2. The summed E-state index contributed by atoms with van der Waals surface area (Å²) in [5, 5.41) is 6.86. The highest BCUT2D eigenvalue weighted by molar-refractivity contribution is 7.99. The number of hydrogen-bond acceptors (Lipinski definition) is 4. The molecule has 6 heteroatoms. The van der Waals surface area contributed by atoms with Gasteiger partial charge in [0.15, 0.2) is 5.96 Å². The summed E-state index contributed by atoms with van der Waals surface area (Å²) in [5.41, 5.74) is 0. The molecule has 0 aliphatic carbocycles. The zero-order valence-corrected chi connectivity index (χ0v) is 15.7. The lowest BCUT2D eigenvalue weighted by Crippen LogP contribution is -2.45. The highest BCUT2D eigenvalue weighted by Gasteiger charge is 2.15. The van der Waals surface area contributed by atoms with Gasteiger partial charge in [-0.25, -0.2) is 4.99 Å². The number of nitrogens with one attached hydrogen (secondary N) is 2. The Hall–Kier alpha value is -1.56. The highest BCUT2D eigenvalue weighted by atomic mass is 32.2. The Bertz CT molecular complexity index is 519. The Morgan fingerprint density at radius 1 is 1.42 bits per heavy atom. The minimum atomic E-state index is -0.00621. The van der Waals surface area contributed by atoms with Crippen molar-refractivity contribution in [1.82, 2.24) is 10.6 Å². The molecule has 1 saturated heterocycles. The Kier molecular flexibility index (Phi) is 8.08. The molecular formula is C18H29N3O2S. The number of guanidine groups is 1. The van der Waals surface area contributed by atoms with Crippen LogP contribution in [0.1, 0.15) is 26.7 Å². The van der Waals surface area contributed by atoms with Gasteiger partial charge in [0, 0.05) is 24.4 Å². The van der Waals surface area contributed by atoms with Crippen molar-refractivity contribution in [3.05, 3.63) is 24.3 Å². The molecule has 0 bridgehead atoms. The third kappa shape index (κ3) is 6.51. The van der Waals surface area contributed by atoms with Gasteiger partial charge in [0.1, 0.15) is 17.6 Å². The Balaban J connectivity index is 1.86. The van der Waals surface area contributed by atoms with Gasteiger partial charge < -0.3 is 20.1 Å². The molecule has 1 aliphatic rings. The van der Waals surface area contributed by atoms with Gasteiger partial charge in [-0.05, 0) is 44.6 Å². The van der Waals surface area contributed by atoms with Crippen LogP contribution >= 0.6 is 11.8 Å². The fraction of sp³-hybridized carbons (Fsp3) is 0.611. The van der Waals surface area contributed by atoms with E-state index in [1.165, 1.54) is 18.6 Å². The average molecular weight is 352 g/mol. The van der Waals surface area contributed by atoms with Crippen LogP contribution in [0.3, 0.4) is 0 Å². The molecule has 1 aromatic rings. The molecule has 0 saturated carbocycles. The maximum absolute atomic E-state index is 5.93. The number of ether oxygens (including phenoxy) is 2. The molecule has 1 heterocycles. The summed E-state index contributed by atoms with van der Waals surface area (Å²) < 4.78 is 11.2. The predicted octanol–water partition coefficient (Wildman–Crippen LogP) is 2.91. The van der Waals surface area contributed by atoms with Crippen molar-refractivity contribution in [2.45, 2.75) is 38.8 Å². The second kappa shape index (κ2) is 10.3. The predicted molar refractivity (Wildman–Crippen MR) is 103 cm³/mol. The molecule has 0 spiro atoms. The summed E-state index contributed by atoms with van der Waals surface area (Å²) in [6.07, 6.45) is 2.48. The number of aliphatic imine (C=N–C) groups is 1. The van der Waals surface area contributed by atoms with Gasteiger partial charge in [-0.2, -0.15) is 11.8 Å². The highest BCUT2D eigenvalue weighted by Crippen LogP contribution is 2.20. The van der Waals surface area contributed by atoms with Crippen molar-refractivity contribution in [3.63, 3.8) is 0 Å². The van der Waals surface area contributed by atoms with E-state index in [-0.39, 0.29) is 6.10 Å². The third-order valence-corrected chi connectivity index (χ3v) is 4.95. The molecule has 2 unspecified atom stereocenters. The molecular weight excluding hydrogens is 322 g/mol. The standard InChI is InChI=1S/C18H29N3O2S/c1-4-19-18(21-15-7-6-10-24-13-15)20-12-14(2)23-17-9-5-8-16(11-17)22-3/h5,8-9,11,14-15H,4,6-7,10,12-13H2,1-3H3,(H2,19,20,21). The fourth-order valence-electron chi connectivity index (χ4n) is 2.53. The molecule has 5 nitrogen and oxygen atoms in total. The fourth-order valence-corrected chi connectivity index (χ4v) is 3.60. The number of rotatable bonds is 7. The zero-order valence-electron chi connectivity index (χ0n) is 14.9. The van der Waals surface area contributed by atoms with E-state index < -0.39 is 0 Å². The van der Waals surface area contributed by atoms with Crippen LogP contribution in [0, 0.1) is 0 Å². The number of hydrogen-bond donors (Lipinski definition) is 2. The van der Waals surface area contributed by atoms with Crippen LogP contribution in [-0.2, 0) is 0 Å². The van der Waals surface area contributed by atoms with E-state index in [4.69, 9.17) is 9.47 Å². The maximum atomic E-state index is 5.93. The molecule has 24 heavy (non-hydrogen) atoms. The third-order valence-electron chi connectivity index (χ3n) is 3.73. The number of methoxy groups -OCH3 is 1. The van der Waals surface area contributed by atoms with Gasteiger partial charge in [-0.1, -0.05) is 6.07 Å². The van der Waals surface area contributed by atoms with Crippen LogP contribution in [-0.4, -0.2) is 49.8 Å². The molecule has 0 aromatic heterocycles. The van der Waals surface area contributed by atoms with Crippen molar-refractivity contribution < 1.29 is 9.47 Å². The summed E-state index contributed by atoms with van der Waals surface area (Å²) in [7, 11) is 1.66. The quantitative estimate of drug-likeness (QED) is 0.584. The minimum Gasteiger partial charge on any atom is -0.497 e. The first-order valence-corrected chi connectivity index (χ1v) is 9.80. The van der Waals surface area contributed by atoms with Crippen molar-refractivity contribution in [2.75, 3.05) is 31.7 Å². The van der Waals surface area contributed by atoms with E-state index in [0.29, 0.717) is 12.6 Å². The maximum Gasteiger partial charge on any atom is 0.191 e. The van der Waals surface area contributed by atoms with Gasteiger partial charge in [0.2, 0.25) is 0 Å². The smallest absolute Gasteiger partial charge is 0.191 e. The molecule has 1 fully saturated rings. The van der Waals surface area contributed by atoms with Crippen LogP contribution < -0.4 is 20.1 Å². The van der Waals surface area contributed by atoms with Crippen molar-refractivity contribution in [2.24, 2.45) is 4.99 Å². The van der Waals surface area contributed by atoms with Crippen LogP contribution in [0.5, 0.6) is 11.5 Å². The molecule has 1 aromatic carbocycles. The summed E-state index contributed by atoms with van der Waals surface area (Å²) in [6, 6.07) is 8.17. The first-order valence-electron chi connectivity index (χ1n) is 8.64. The van der Waals surface area contributed by atoms with Crippen LogP contribution in [0.4, 0.5) is 0 Å². The van der Waals surface area contributed by atoms with Crippen molar-refractivity contribution in [1.29, 1.82) is 0 Å². The Morgan fingerprint density at radius 2 is 2.25 bits per heavy atom. The Labute approximate surface area is 149 Å². The topological polar surface area (TPSA) is 54.9 Å². The first-order chi connectivity index (χ1) is 11.7.